The highest BCUT2D eigenvalue weighted by Crippen LogP contribution is 2.41. The molecule has 4 nitrogen and oxygen atoms in total. The summed E-state index contributed by atoms with van der Waals surface area (Å²) in [5, 5.41) is 15.0. The molecular weight excluding hydrogens is 693 g/mol. The zero-order valence-electron chi connectivity index (χ0n) is 31.4. The van der Waals surface area contributed by atoms with Gasteiger partial charge in [-0.15, -0.1) is 0 Å². The second-order valence-corrected chi connectivity index (χ2v) is 15.1. The average Bonchev–Trinajstić information content (AvgIpc) is 3.64. The Morgan fingerprint density at radius 3 is 2.04 bits per heavy atom. The standard InChI is InChI=1S/C53H40N4/c1-4-14-35(15-5-1)42-31-32-43(45-21-11-10-20-44(42)45)40-25-24-36-28-33-49-50(47(36)34-40)46-22-12-13-23-48(46)57(49)41-29-26-39(27-30-41)53-55-51(37-16-6-2-7-17-37)54-52(56-53)38-18-8-3-9-19-38/h1-14,16-35,51-52,54H,15H2,(H,55,56). The third-order valence-electron chi connectivity index (χ3n) is 11.8. The fourth-order valence-electron chi connectivity index (χ4n) is 9.04. The molecule has 0 spiro atoms. The van der Waals surface area contributed by atoms with Crippen molar-refractivity contribution in [3.8, 4) is 16.8 Å². The topological polar surface area (TPSA) is 41.4 Å². The predicted molar refractivity (Wildman–Crippen MR) is 238 cm³/mol. The molecule has 0 amide bonds. The Kier molecular flexibility index (Phi) is 8.15. The molecule has 3 unspecified atom stereocenters. The quantitative estimate of drug-likeness (QED) is 0.179. The number of allylic oxidation sites excluding steroid dienone is 4. The van der Waals surface area contributed by atoms with Gasteiger partial charge < -0.3 is 9.88 Å². The number of hydrogen-bond donors (Lipinski definition) is 2. The van der Waals surface area contributed by atoms with Crippen LogP contribution >= 0.6 is 0 Å². The third kappa shape index (κ3) is 5.85. The fraction of sp³-hybridized carbons (Fsp3) is 0.0755. The Morgan fingerprint density at radius 1 is 0.544 bits per heavy atom. The van der Waals surface area contributed by atoms with Crippen LogP contribution < -0.4 is 10.6 Å². The van der Waals surface area contributed by atoms with Gasteiger partial charge in [0.2, 0.25) is 0 Å². The zero-order valence-corrected chi connectivity index (χ0v) is 31.4. The van der Waals surface area contributed by atoms with Crippen LogP contribution in [0.2, 0.25) is 0 Å². The number of benzene rings is 8. The van der Waals surface area contributed by atoms with Crippen LogP contribution in [-0.4, -0.2) is 10.4 Å². The van der Waals surface area contributed by atoms with Crippen molar-refractivity contribution in [1.82, 2.24) is 15.2 Å². The van der Waals surface area contributed by atoms with E-state index >= 15 is 0 Å². The lowest BCUT2D eigenvalue weighted by molar-refractivity contribution is 0.409. The number of nitrogens with one attached hydrogen (secondary N) is 2. The van der Waals surface area contributed by atoms with E-state index in [1.807, 2.05) is 6.07 Å². The van der Waals surface area contributed by atoms with E-state index < -0.39 is 0 Å². The van der Waals surface area contributed by atoms with Gasteiger partial charge in [0, 0.05) is 27.9 Å². The first-order valence-corrected chi connectivity index (χ1v) is 19.9. The van der Waals surface area contributed by atoms with Gasteiger partial charge in [0.25, 0.3) is 0 Å². The summed E-state index contributed by atoms with van der Waals surface area (Å²) in [5.74, 6) is 1.27. The summed E-state index contributed by atoms with van der Waals surface area (Å²) in [6.45, 7) is 0. The molecule has 9 aromatic rings. The van der Waals surface area contributed by atoms with Crippen molar-refractivity contribution >= 4 is 49.2 Å². The Hall–Kier alpha value is -7.01. The van der Waals surface area contributed by atoms with Crippen LogP contribution in [0, 0.1) is 0 Å². The maximum Gasteiger partial charge on any atom is 0.131 e. The van der Waals surface area contributed by atoms with Crippen LogP contribution in [0.5, 0.6) is 0 Å². The Bertz CT molecular complexity index is 3050. The van der Waals surface area contributed by atoms with Gasteiger partial charge in [0.05, 0.1) is 11.0 Å². The molecule has 4 heteroatoms. The van der Waals surface area contributed by atoms with E-state index in [2.05, 4.69) is 209 Å². The molecule has 8 aromatic carbocycles. The number of nitrogens with zero attached hydrogens (tertiary/aromatic N) is 2. The van der Waals surface area contributed by atoms with Crippen molar-refractivity contribution in [2.24, 2.45) is 4.99 Å². The van der Waals surface area contributed by atoms with Crippen LogP contribution in [-0.2, 0) is 0 Å². The van der Waals surface area contributed by atoms with E-state index in [1.165, 1.54) is 65.6 Å². The summed E-state index contributed by atoms with van der Waals surface area (Å²) in [6.07, 6.45) is 9.71. The SMILES string of the molecule is C1=CCC(c2ccc(-c3ccc4ccc5c(c4c3)c3ccccc3n5-c3ccc(C4=NC(c5ccccc5)NC(c5ccccc5)N4)cc3)c3ccccc23)C=C1. The van der Waals surface area contributed by atoms with Crippen molar-refractivity contribution in [2.45, 2.75) is 24.7 Å². The number of aliphatic imine (C=N–C) groups is 1. The molecule has 1 aliphatic carbocycles. The first-order valence-electron chi connectivity index (χ1n) is 19.9. The number of aromatic nitrogens is 1. The number of fused-ring (bicyclic) bond motifs is 6. The summed E-state index contributed by atoms with van der Waals surface area (Å²) in [5.41, 5.74) is 10.7. The van der Waals surface area contributed by atoms with Crippen LogP contribution in [0.4, 0.5) is 0 Å². The molecule has 2 N–H and O–H groups in total. The van der Waals surface area contributed by atoms with Crippen molar-refractivity contribution in [1.29, 1.82) is 0 Å². The van der Waals surface area contributed by atoms with Gasteiger partial charge in [-0.05, 0) is 98.2 Å². The molecule has 11 rings (SSSR count). The first-order chi connectivity index (χ1) is 28.3. The largest absolute Gasteiger partial charge is 0.350 e. The molecule has 1 aromatic heterocycles. The molecule has 2 heterocycles. The second kappa shape index (κ2) is 13.9. The minimum absolute atomic E-state index is 0.0820. The Morgan fingerprint density at radius 2 is 1.25 bits per heavy atom. The highest BCUT2D eigenvalue weighted by Gasteiger charge is 2.25. The molecule has 0 bridgehead atoms. The molecule has 0 fully saturated rings. The lowest BCUT2D eigenvalue weighted by atomic mass is 9.86. The lowest BCUT2D eigenvalue weighted by Gasteiger charge is -2.32. The molecule has 272 valence electrons. The summed E-state index contributed by atoms with van der Waals surface area (Å²) in [4.78, 5) is 5.19. The zero-order chi connectivity index (χ0) is 37.7. The van der Waals surface area contributed by atoms with Crippen molar-refractivity contribution < 1.29 is 0 Å². The number of para-hydroxylation sites is 1. The summed E-state index contributed by atoms with van der Waals surface area (Å²) < 4.78 is 2.41. The maximum atomic E-state index is 5.19. The number of hydrogen-bond acceptors (Lipinski definition) is 3. The van der Waals surface area contributed by atoms with E-state index in [-0.39, 0.29) is 12.3 Å². The molecule has 0 saturated carbocycles. The summed E-state index contributed by atoms with van der Waals surface area (Å²) in [6, 6.07) is 63.8. The maximum absolute atomic E-state index is 5.19. The van der Waals surface area contributed by atoms with E-state index in [1.54, 1.807) is 0 Å². The number of rotatable bonds is 6. The molecule has 57 heavy (non-hydrogen) atoms. The van der Waals surface area contributed by atoms with Gasteiger partial charge >= 0.3 is 0 Å². The van der Waals surface area contributed by atoms with Crippen LogP contribution in [0.15, 0.2) is 205 Å². The van der Waals surface area contributed by atoms with Crippen molar-refractivity contribution in [3.05, 3.63) is 222 Å². The molecule has 0 saturated heterocycles. The van der Waals surface area contributed by atoms with Gasteiger partial charge in [-0.2, -0.15) is 0 Å². The van der Waals surface area contributed by atoms with Gasteiger partial charge in [-0.25, -0.2) is 4.99 Å². The van der Waals surface area contributed by atoms with E-state index in [9.17, 15) is 0 Å². The van der Waals surface area contributed by atoms with Crippen molar-refractivity contribution in [2.75, 3.05) is 0 Å². The molecule has 2 aliphatic rings. The van der Waals surface area contributed by atoms with Crippen LogP contribution in [0.3, 0.4) is 0 Å². The van der Waals surface area contributed by atoms with Crippen LogP contribution in [0.25, 0.3) is 60.2 Å². The minimum atomic E-state index is -0.176. The normalized spacial score (nSPS) is 18.0. The smallest absolute Gasteiger partial charge is 0.131 e. The first kappa shape index (κ1) is 33.3. The summed E-state index contributed by atoms with van der Waals surface area (Å²) in [7, 11) is 0. The van der Waals surface area contributed by atoms with Gasteiger partial charge in [0.1, 0.15) is 18.2 Å². The molecular formula is C53H40N4. The minimum Gasteiger partial charge on any atom is -0.350 e. The van der Waals surface area contributed by atoms with Gasteiger partial charge in [0.15, 0.2) is 0 Å². The molecule has 1 aliphatic heterocycles. The lowest BCUT2D eigenvalue weighted by Crippen LogP contribution is -2.44. The predicted octanol–water partition coefficient (Wildman–Crippen LogP) is 12.7. The highest BCUT2D eigenvalue weighted by molar-refractivity contribution is 6.22. The number of amidine groups is 1. The third-order valence-corrected chi connectivity index (χ3v) is 11.8. The van der Waals surface area contributed by atoms with Crippen molar-refractivity contribution in [3.63, 3.8) is 0 Å². The van der Waals surface area contributed by atoms with E-state index in [0.29, 0.717) is 5.92 Å². The Labute approximate surface area is 332 Å². The van der Waals surface area contributed by atoms with Gasteiger partial charge in [-0.1, -0.05) is 158 Å². The Balaban J connectivity index is 1.01. The van der Waals surface area contributed by atoms with E-state index in [0.717, 1.165) is 29.1 Å². The molecule has 3 atom stereocenters. The fourth-order valence-corrected chi connectivity index (χ4v) is 9.04. The highest BCUT2D eigenvalue weighted by atomic mass is 15.3. The monoisotopic (exact) mass is 732 g/mol. The van der Waals surface area contributed by atoms with Gasteiger partial charge in [-0.3, -0.25) is 5.32 Å². The second-order valence-electron chi connectivity index (χ2n) is 15.1. The van der Waals surface area contributed by atoms with Crippen LogP contribution in [0.1, 0.15) is 46.9 Å². The van der Waals surface area contributed by atoms with E-state index in [4.69, 9.17) is 4.99 Å². The average molecular weight is 733 g/mol. The molecule has 0 radical (unpaired) electrons. The summed E-state index contributed by atoms with van der Waals surface area (Å²) >= 11 is 0.